The van der Waals surface area contributed by atoms with E-state index in [4.69, 9.17) is 10.2 Å². The van der Waals surface area contributed by atoms with Crippen LogP contribution in [0, 0.1) is 0 Å². The predicted octanol–water partition coefficient (Wildman–Crippen LogP) is 2.08. The summed E-state index contributed by atoms with van der Waals surface area (Å²) in [6.45, 7) is 6.62. The van der Waals surface area contributed by atoms with Gasteiger partial charge in [-0.2, -0.15) is 0 Å². The van der Waals surface area contributed by atoms with Gasteiger partial charge in [-0.1, -0.05) is 6.07 Å². The summed E-state index contributed by atoms with van der Waals surface area (Å²) in [6, 6.07) is 6.98. The van der Waals surface area contributed by atoms with Crippen LogP contribution in [0.5, 0.6) is 0 Å². The Bertz CT molecular complexity index is 653. The number of nitrogens with zero attached hydrogens (tertiary/aromatic N) is 3. The summed E-state index contributed by atoms with van der Waals surface area (Å²) >= 11 is 0. The number of para-hydroxylation sites is 1. The van der Waals surface area contributed by atoms with Crippen molar-refractivity contribution < 1.29 is 4.42 Å². The van der Waals surface area contributed by atoms with E-state index in [0.29, 0.717) is 11.7 Å². The molecule has 4 rings (SSSR count). The summed E-state index contributed by atoms with van der Waals surface area (Å²) in [5, 5.41) is 0. The van der Waals surface area contributed by atoms with E-state index in [-0.39, 0.29) is 0 Å². The van der Waals surface area contributed by atoms with E-state index >= 15 is 0 Å². The topological polar surface area (TPSA) is 58.5 Å². The van der Waals surface area contributed by atoms with Crippen molar-refractivity contribution in [3.05, 3.63) is 24.1 Å². The van der Waals surface area contributed by atoms with Gasteiger partial charge in [0.15, 0.2) is 5.58 Å². The lowest BCUT2D eigenvalue weighted by molar-refractivity contribution is 0.0486. The van der Waals surface area contributed by atoms with Crippen LogP contribution < -0.4 is 5.73 Å². The standard InChI is InChI=1S/C16H22N4O/c1-11-8-19-7-3-4-12(19)9-20(11)10-15-18-16-13(17)5-2-6-14(16)21-15/h2,5-6,11-12H,3-4,7-10,17H2,1H3. The summed E-state index contributed by atoms with van der Waals surface area (Å²) < 4.78 is 5.86. The highest BCUT2D eigenvalue weighted by Crippen LogP contribution is 2.27. The molecule has 0 saturated carbocycles. The Kier molecular flexibility index (Phi) is 3.12. The Morgan fingerprint density at radius 2 is 2.29 bits per heavy atom. The Labute approximate surface area is 124 Å². The first kappa shape index (κ1) is 13.1. The van der Waals surface area contributed by atoms with Crippen molar-refractivity contribution in [1.82, 2.24) is 14.8 Å². The maximum atomic E-state index is 5.96. The number of nitrogens with two attached hydrogens (primary N) is 1. The summed E-state index contributed by atoms with van der Waals surface area (Å²) in [4.78, 5) is 9.70. The molecule has 2 atom stereocenters. The number of hydrogen-bond acceptors (Lipinski definition) is 5. The average molecular weight is 286 g/mol. The van der Waals surface area contributed by atoms with Gasteiger partial charge >= 0.3 is 0 Å². The smallest absolute Gasteiger partial charge is 0.209 e. The van der Waals surface area contributed by atoms with Gasteiger partial charge in [-0.3, -0.25) is 9.80 Å². The molecule has 2 unspecified atom stereocenters. The van der Waals surface area contributed by atoms with Crippen LogP contribution in [0.15, 0.2) is 22.6 Å². The van der Waals surface area contributed by atoms with Crippen LogP contribution in [0.2, 0.25) is 0 Å². The van der Waals surface area contributed by atoms with Crippen LogP contribution in [-0.4, -0.2) is 46.5 Å². The zero-order chi connectivity index (χ0) is 14.4. The minimum Gasteiger partial charge on any atom is -0.439 e. The predicted molar refractivity (Wildman–Crippen MR) is 82.9 cm³/mol. The van der Waals surface area contributed by atoms with E-state index in [1.54, 1.807) is 0 Å². The Hall–Kier alpha value is -1.59. The third-order valence-corrected chi connectivity index (χ3v) is 4.90. The minimum absolute atomic E-state index is 0.548. The fraction of sp³-hybridized carbons (Fsp3) is 0.562. The van der Waals surface area contributed by atoms with Crippen LogP contribution in [-0.2, 0) is 6.54 Å². The molecule has 2 saturated heterocycles. The summed E-state index contributed by atoms with van der Waals surface area (Å²) in [5.74, 6) is 0.779. The van der Waals surface area contributed by atoms with Crippen molar-refractivity contribution in [3.63, 3.8) is 0 Å². The Morgan fingerprint density at radius 1 is 1.38 bits per heavy atom. The second-order valence-corrected chi connectivity index (χ2v) is 6.37. The molecule has 2 fully saturated rings. The van der Waals surface area contributed by atoms with E-state index in [2.05, 4.69) is 21.7 Å². The van der Waals surface area contributed by atoms with Crippen molar-refractivity contribution in [2.24, 2.45) is 0 Å². The number of anilines is 1. The number of hydrogen-bond donors (Lipinski definition) is 1. The number of aromatic nitrogens is 1. The van der Waals surface area contributed by atoms with E-state index in [9.17, 15) is 0 Å². The van der Waals surface area contributed by atoms with Crippen molar-refractivity contribution >= 4 is 16.8 Å². The third kappa shape index (κ3) is 2.30. The third-order valence-electron chi connectivity index (χ3n) is 4.90. The van der Waals surface area contributed by atoms with Gasteiger partial charge in [-0.05, 0) is 38.4 Å². The molecule has 2 aliphatic heterocycles. The zero-order valence-electron chi connectivity index (χ0n) is 12.5. The molecule has 0 aliphatic carbocycles. The van der Waals surface area contributed by atoms with E-state index < -0.39 is 0 Å². The Balaban J connectivity index is 1.55. The van der Waals surface area contributed by atoms with Crippen LogP contribution in [0.1, 0.15) is 25.7 Å². The van der Waals surface area contributed by atoms with Gasteiger partial charge in [0.05, 0.1) is 12.2 Å². The van der Waals surface area contributed by atoms with Gasteiger partial charge in [0.1, 0.15) is 5.52 Å². The van der Waals surface area contributed by atoms with Gasteiger partial charge in [0.25, 0.3) is 0 Å². The number of piperazine rings is 1. The molecule has 2 aromatic rings. The molecule has 2 aliphatic rings. The molecule has 0 amide bonds. The van der Waals surface area contributed by atoms with Crippen molar-refractivity contribution in [1.29, 1.82) is 0 Å². The average Bonchev–Trinajstić information content (AvgIpc) is 3.06. The number of benzene rings is 1. The maximum absolute atomic E-state index is 5.96. The minimum atomic E-state index is 0.548. The maximum Gasteiger partial charge on any atom is 0.209 e. The second-order valence-electron chi connectivity index (χ2n) is 6.37. The van der Waals surface area contributed by atoms with Gasteiger partial charge in [-0.25, -0.2) is 4.98 Å². The van der Waals surface area contributed by atoms with Gasteiger partial charge in [-0.15, -0.1) is 0 Å². The van der Waals surface area contributed by atoms with Gasteiger partial charge in [0.2, 0.25) is 5.89 Å². The molecular weight excluding hydrogens is 264 g/mol. The molecule has 3 heterocycles. The molecule has 0 radical (unpaired) electrons. The fourth-order valence-corrected chi connectivity index (χ4v) is 3.73. The number of nitrogen functional groups attached to an aromatic ring is 1. The highest BCUT2D eigenvalue weighted by molar-refractivity contribution is 5.85. The number of rotatable bonds is 2. The lowest BCUT2D eigenvalue weighted by Gasteiger charge is -2.41. The number of oxazole rings is 1. The highest BCUT2D eigenvalue weighted by atomic mass is 16.3. The summed E-state index contributed by atoms with van der Waals surface area (Å²) in [7, 11) is 0. The van der Waals surface area contributed by atoms with Crippen LogP contribution in [0.3, 0.4) is 0 Å². The van der Waals surface area contributed by atoms with E-state index in [1.807, 2.05) is 18.2 Å². The molecule has 0 bridgehead atoms. The van der Waals surface area contributed by atoms with E-state index in [0.717, 1.165) is 42.7 Å². The van der Waals surface area contributed by atoms with Crippen LogP contribution in [0.25, 0.3) is 11.1 Å². The second kappa shape index (κ2) is 5.00. The molecule has 2 N–H and O–H groups in total. The molecule has 112 valence electrons. The highest BCUT2D eigenvalue weighted by Gasteiger charge is 2.34. The Morgan fingerprint density at radius 3 is 3.14 bits per heavy atom. The van der Waals surface area contributed by atoms with Gasteiger partial charge < -0.3 is 10.2 Å². The van der Waals surface area contributed by atoms with Crippen LogP contribution >= 0.6 is 0 Å². The first-order valence-electron chi connectivity index (χ1n) is 7.83. The summed E-state index contributed by atoms with van der Waals surface area (Å²) in [6.07, 6.45) is 2.66. The molecule has 1 aromatic heterocycles. The SMILES string of the molecule is CC1CN2CCCC2CN1Cc1nc2c(N)cccc2o1. The molecule has 5 heteroatoms. The van der Waals surface area contributed by atoms with Crippen molar-refractivity contribution in [2.45, 2.75) is 38.4 Å². The number of fused-ring (bicyclic) bond motifs is 2. The van der Waals surface area contributed by atoms with E-state index in [1.165, 1.54) is 19.4 Å². The first-order chi connectivity index (χ1) is 10.2. The van der Waals surface area contributed by atoms with Gasteiger partial charge in [0, 0.05) is 25.2 Å². The quantitative estimate of drug-likeness (QED) is 0.857. The van der Waals surface area contributed by atoms with Crippen molar-refractivity contribution in [3.8, 4) is 0 Å². The largest absolute Gasteiger partial charge is 0.439 e. The normalized spacial score (nSPS) is 27.3. The molecule has 1 aromatic carbocycles. The lowest BCUT2D eigenvalue weighted by atomic mass is 10.1. The van der Waals surface area contributed by atoms with Crippen molar-refractivity contribution in [2.75, 3.05) is 25.4 Å². The molecule has 21 heavy (non-hydrogen) atoms. The first-order valence-corrected chi connectivity index (χ1v) is 7.83. The molecular formula is C16H22N4O. The fourth-order valence-electron chi connectivity index (χ4n) is 3.73. The monoisotopic (exact) mass is 286 g/mol. The summed E-state index contributed by atoms with van der Waals surface area (Å²) in [5.41, 5.74) is 8.23. The zero-order valence-corrected chi connectivity index (χ0v) is 12.5. The molecule has 0 spiro atoms. The van der Waals surface area contributed by atoms with Crippen LogP contribution in [0.4, 0.5) is 5.69 Å². The molecule has 5 nitrogen and oxygen atoms in total. The lowest BCUT2D eigenvalue weighted by Crippen LogP contribution is -2.54.